The molecule has 15 heteroatoms. The average molecular weight is 604 g/mol. The van der Waals surface area contributed by atoms with E-state index < -0.39 is 72.3 Å². The zero-order chi connectivity index (χ0) is 32.1. The fourth-order valence-electron chi connectivity index (χ4n) is 3.84. The first-order valence-electron chi connectivity index (χ1n) is 13.6. The van der Waals surface area contributed by atoms with Crippen molar-refractivity contribution in [3.05, 3.63) is 11.6 Å². The zero-order valence-electron chi connectivity index (χ0n) is 25.4. The Kier molecular flexibility index (Phi) is 14.5. The van der Waals surface area contributed by atoms with Gasteiger partial charge in [0.05, 0.1) is 43.0 Å². The highest BCUT2D eigenvalue weighted by molar-refractivity contribution is 5.89. The van der Waals surface area contributed by atoms with Crippen molar-refractivity contribution in [2.24, 2.45) is 15.6 Å². The van der Waals surface area contributed by atoms with E-state index in [0.717, 1.165) is 0 Å². The standard InChI is InChI=1S/C27H43F2N5O8/c1-9-39-23(36)18-12-20(33-30-15-31-34-25(38)41-17(3)40-24(37)26(4,5)6)22(32-16(2)35)21(13-18)42-19(10-11-28)14-27(7,8)29/h13,17,19-22,33H,9-12,14H2,1-8H3,(H,32,35)(H,34,38). The maximum atomic E-state index is 14.4. The summed E-state index contributed by atoms with van der Waals surface area (Å²) in [5.74, 6) is -1.62. The quantitative estimate of drug-likeness (QED) is 0.117. The summed E-state index contributed by atoms with van der Waals surface area (Å²) in [7, 11) is 0. The fourth-order valence-corrected chi connectivity index (χ4v) is 3.84. The molecule has 1 aliphatic carbocycles. The number of rotatable bonds is 14. The predicted octanol–water partition coefficient (Wildman–Crippen LogP) is 3.26. The lowest BCUT2D eigenvalue weighted by molar-refractivity contribution is -0.174. The van der Waals surface area contributed by atoms with Crippen molar-refractivity contribution < 1.29 is 46.9 Å². The first kappa shape index (κ1) is 36.4. The minimum Gasteiger partial charge on any atom is -0.463 e. The summed E-state index contributed by atoms with van der Waals surface area (Å²) in [5, 5.41) is 10.0. The Labute approximate surface area is 244 Å². The van der Waals surface area contributed by atoms with Crippen molar-refractivity contribution in [3.8, 4) is 0 Å². The van der Waals surface area contributed by atoms with Gasteiger partial charge in [0.15, 0.2) is 0 Å². The second-order valence-corrected chi connectivity index (χ2v) is 11.3. The molecule has 0 heterocycles. The monoisotopic (exact) mass is 603 g/mol. The minimum atomic E-state index is -1.66. The van der Waals surface area contributed by atoms with E-state index in [9.17, 15) is 28.0 Å². The van der Waals surface area contributed by atoms with Gasteiger partial charge in [0.2, 0.25) is 12.2 Å². The molecular formula is C27H43F2N5O8. The van der Waals surface area contributed by atoms with Gasteiger partial charge in [-0.1, -0.05) is 0 Å². The first-order valence-corrected chi connectivity index (χ1v) is 13.6. The van der Waals surface area contributed by atoms with Crippen LogP contribution < -0.4 is 16.2 Å². The summed E-state index contributed by atoms with van der Waals surface area (Å²) < 4.78 is 48.7. The van der Waals surface area contributed by atoms with E-state index >= 15 is 0 Å². The van der Waals surface area contributed by atoms with Crippen LogP contribution in [0.25, 0.3) is 0 Å². The van der Waals surface area contributed by atoms with Gasteiger partial charge in [-0.25, -0.2) is 19.4 Å². The van der Waals surface area contributed by atoms with Gasteiger partial charge in [-0.05, 0) is 47.6 Å². The molecule has 0 saturated heterocycles. The molecule has 42 heavy (non-hydrogen) atoms. The van der Waals surface area contributed by atoms with Crippen LogP contribution in [-0.2, 0) is 33.3 Å². The summed E-state index contributed by atoms with van der Waals surface area (Å²) in [6.45, 7) is 11.2. The third-order valence-electron chi connectivity index (χ3n) is 5.63. The molecular weight excluding hydrogens is 560 g/mol. The maximum Gasteiger partial charge on any atom is 0.431 e. The second-order valence-electron chi connectivity index (χ2n) is 11.3. The number of carbonyl (C=O) groups excluding carboxylic acids is 4. The van der Waals surface area contributed by atoms with Crippen LogP contribution in [0.1, 0.15) is 74.7 Å². The molecule has 0 aromatic carbocycles. The molecule has 5 atom stereocenters. The molecule has 3 N–H and O–H groups in total. The van der Waals surface area contributed by atoms with Crippen LogP contribution in [0, 0.1) is 5.41 Å². The van der Waals surface area contributed by atoms with Crippen molar-refractivity contribution in [2.75, 3.05) is 13.3 Å². The van der Waals surface area contributed by atoms with Crippen molar-refractivity contribution in [1.29, 1.82) is 0 Å². The number of amides is 2. The van der Waals surface area contributed by atoms with Gasteiger partial charge in [-0.15, -0.1) is 10.2 Å². The van der Waals surface area contributed by atoms with Gasteiger partial charge < -0.3 is 24.3 Å². The highest BCUT2D eigenvalue weighted by atomic mass is 19.1. The number of hydrogen-bond donors (Lipinski definition) is 3. The molecule has 0 bridgehead atoms. The zero-order valence-corrected chi connectivity index (χ0v) is 25.4. The number of esters is 2. The van der Waals surface area contributed by atoms with Crippen LogP contribution in [0.2, 0.25) is 0 Å². The van der Waals surface area contributed by atoms with Gasteiger partial charge in [-0.2, -0.15) is 0 Å². The molecule has 238 valence electrons. The van der Waals surface area contributed by atoms with Crippen molar-refractivity contribution in [3.63, 3.8) is 0 Å². The highest BCUT2D eigenvalue weighted by Crippen LogP contribution is 2.28. The van der Waals surface area contributed by atoms with Crippen LogP contribution >= 0.6 is 0 Å². The number of hydrazone groups is 2. The van der Waals surface area contributed by atoms with Gasteiger partial charge in [-0.3, -0.25) is 19.4 Å². The largest absolute Gasteiger partial charge is 0.463 e. The van der Waals surface area contributed by atoms with Crippen LogP contribution in [-0.4, -0.2) is 79.5 Å². The molecule has 0 aromatic rings. The second kappa shape index (κ2) is 16.8. The number of alkyl halides is 2. The molecule has 2 amide bonds. The van der Waals surface area contributed by atoms with E-state index in [4.69, 9.17) is 18.9 Å². The Morgan fingerprint density at radius 3 is 2.36 bits per heavy atom. The Hall–Kier alpha value is -3.58. The van der Waals surface area contributed by atoms with Gasteiger partial charge in [0.25, 0.3) is 0 Å². The molecule has 1 aliphatic rings. The van der Waals surface area contributed by atoms with E-state index in [1.807, 2.05) is 5.43 Å². The van der Waals surface area contributed by atoms with E-state index in [0.29, 0.717) is 0 Å². The van der Waals surface area contributed by atoms with E-state index in [2.05, 4.69) is 27.0 Å². The number of carbonyl (C=O) groups is 4. The number of halogens is 2. The van der Waals surface area contributed by atoms with E-state index in [1.165, 1.54) is 33.8 Å². The average Bonchev–Trinajstić information content (AvgIpc) is 2.83. The van der Waals surface area contributed by atoms with Crippen molar-refractivity contribution in [1.82, 2.24) is 16.2 Å². The van der Waals surface area contributed by atoms with Crippen LogP contribution in [0.5, 0.6) is 0 Å². The number of nitrogens with one attached hydrogen (secondary N) is 3. The fraction of sp³-hybridized carbons (Fsp3) is 0.741. The Balaban J connectivity index is 3.07. The molecule has 0 spiro atoms. The molecule has 0 aromatic heterocycles. The molecule has 0 saturated carbocycles. The lowest BCUT2D eigenvalue weighted by Gasteiger charge is -2.38. The predicted molar refractivity (Wildman–Crippen MR) is 147 cm³/mol. The van der Waals surface area contributed by atoms with E-state index in [1.54, 1.807) is 27.7 Å². The summed E-state index contributed by atoms with van der Waals surface area (Å²) in [6.07, 6.45) is -2.79. The SMILES string of the molecule is CCOC(=O)C1=CC(OC(CCF)CC(C)(C)F)C(NC(C)=O)C(NN=C=NNC(=O)OC(C)OC(=O)C(C)(C)C)C1. The van der Waals surface area contributed by atoms with Gasteiger partial charge >= 0.3 is 18.0 Å². The van der Waals surface area contributed by atoms with Crippen LogP contribution in [0.4, 0.5) is 13.6 Å². The van der Waals surface area contributed by atoms with Crippen molar-refractivity contribution >= 4 is 29.9 Å². The third-order valence-corrected chi connectivity index (χ3v) is 5.63. The lowest BCUT2D eigenvalue weighted by Crippen LogP contribution is -2.58. The highest BCUT2D eigenvalue weighted by Gasteiger charge is 2.39. The smallest absolute Gasteiger partial charge is 0.431 e. The maximum absolute atomic E-state index is 14.4. The number of nitrogens with zero attached hydrogens (tertiary/aromatic N) is 2. The molecule has 5 unspecified atom stereocenters. The topological polar surface area (TPSA) is 166 Å². The van der Waals surface area contributed by atoms with Crippen LogP contribution in [0.3, 0.4) is 0 Å². The molecule has 0 radical (unpaired) electrons. The normalized spacial score (nSPS) is 20.0. The van der Waals surface area contributed by atoms with Gasteiger partial charge in [0.1, 0.15) is 11.7 Å². The summed E-state index contributed by atoms with van der Waals surface area (Å²) in [5.41, 5.74) is 2.46. The Morgan fingerprint density at radius 1 is 1.14 bits per heavy atom. The third kappa shape index (κ3) is 13.9. The van der Waals surface area contributed by atoms with Gasteiger partial charge in [0, 0.05) is 38.7 Å². The number of ether oxygens (including phenoxy) is 4. The molecule has 1 rings (SSSR count). The molecule has 0 fully saturated rings. The number of hydrogen-bond acceptors (Lipinski definition) is 11. The van der Waals surface area contributed by atoms with Crippen LogP contribution in [0.15, 0.2) is 21.9 Å². The van der Waals surface area contributed by atoms with Crippen molar-refractivity contribution in [2.45, 2.75) is 111 Å². The minimum absolute atomic E-state index is 0.0311. The molecule has 13 nitrogen and oxygen atoms in total. The Morgan fingerprint density at radius 2 is 1.81 bits per heavy atom. The summed E-state index contributed by atoms with van der Waals surface area (Å²) in [4.78, 5) is 48.4. The molecule has 0 aliphatic heterocycles. The Bertz CT molecular complexity index is 1030. The summed E-state index contributed by atoms with van der Waals surface area (Å²) in [6, 6.07) is 0.578. The first-order chi connectivity index (χ1) is 19.5. The van der Waals surface area contributed by atoms with E-state index in [-0.39, 0.29) is 31.4 Å². The summed E-state index contributed by atoms with van der Waals surface area (Å²) >= 11 is 0. The lowest BCUT2D eigenvalue weighted by atomic mass is 9.87.